The van der Waals surface area contributed by atoms with Gasteiger partial charge in [0.1, 0.15) is 0 Å². The third-order valence-electron chi connectivity index (χ3n) is 5.27. The van der Waals surface area contributed by atoms with Crippen LogP contribution in [-0.4, -0.2) is 43.4 Å². The lowest BCUT2D eigenvalue weighted by atomic mass is 9.86. The number of anilines is 2. The maximum Gasteiger partial charge on any atom is 0.279 e. The van der Waals surface area contributed by atoms with Gasteiger partial charge in [0.15, 0.2) is 13.1 Å². The Labute approximate surface area is 167 Å². The molecule has 2 rings (SSSR count). The van der Waals surface area contributed by atoms with E-state index in [4.69, 9.17) is 0 Å². The van der Waals surface area contributed by atoms with E-state index >= 15 is 0 Å². The van der Waals surface area contributed by atoms with E-state index in [1.807, 2.05) is 6.92 Å². The lowest BCUT2D eigenvalue weighted by molar-refractivity contribution is -0.881. The first-order chi connectivity index (χ1) is 13.4. The molecule has 1 saturated carbocycles. The van der Waals surface area contributed by atoms with Crippen LogP contribution in [0.25, 0.3) is 0 Å². The largest absolute Gasteiger partial charge is 0.348 e. The number of hydrogen-bond donors (Lipinski definition) is 4. The standard InChI is InChI=1S/C21H32N4O3/c1-4-25(14-21(28)24-19-8-6-5-7-15(19)2)13-20(27)23-18-11-9-17(10-12-18)22-16(3)26/h9-12,15,19H,4-8,13-14H2,1-3H3,(H,22,26)(H,23,27)(H,24,28)/p+1/t15-,19-/m0/s1. The molecule has 0 heterocycles. The maximum atomic E-state index is 12.4. The minimum atomic E-state index is -0.139. The topological polar surface area (TPSA) is 91.7 Å². The average molecular weight is 390 g/mol. The van der Waals surface area contributed by atoms with E-state index in [-0.39, 0.29) is 30.3 Å². The van der Waals surface area contributed by atoms with Gasteiger partial charge in [-0.1, -0.05) is 19.8 Å². The molecule has 154 valence electrons. The van der Waals surface area contributed by atoms with Gasteiger partial charge in [-0.05, 0) is 49.9 Å². The fraction of sp³-hybridized carbons (Fsp3) is 0.571. The maximum absolute atomic E-state index is 12.4. The summed E-state index contributed by atoms with van der Waals surface area (Å²) in [7, 11) is 0. The number of likely N-dealkylation sites (N-methyl/N-ethyl adjacent to an activating group) is 1. The molecule has 28 heavy (non-hydrogen) atoms. The van der Waals surface area contributed by atoms with Gasteiger partial charge in [-0.25, -0.2) is 0 Å². The lowest BCUT2D eigenvalue weighted by Crippen LogP contribution is -3.14. The number of benzene rings is 1. The molecule has 0 radical (unpaired) electrons. The van der Waals surface area contributed by atoms with Crippen LogP contribution in [0.4, 0.5) is 11.4 Å². The van der Waals surface area contributed by atoms with E-state index in [9.17, 15) is 14.4 Å². The van der Waals surface area contributed by atoms with E-state index in [0.29, 0.717) is 30.4 Å². The number of nitrogens with one attached hydrogen (secondary N) is 4. The van der Waals surface area contributed by atoms with Crippen molar-refractivity contribution in [2.45, 2.75) is 52.5 Å². The molecule has 1 aliphatic carbocycles. The first-order valence-corrected chi connectivity index (χ1v) is 10.2. The van der Waals surface area contributed by atoms with Gasteiger partial charge in [0.2, 0.25) is 5.91 Å². The Bertz CT molecular complexity index is 675. The number of quaternary nitrogens is 1. The van der Waals surface area contributed by atoms with Crippen molar-refractivity contribution < 1.29 is 19.3 Å². The van der Waals surface area contributed by atoms with Crippen molar-refractivity contribution in [1.82, 2.24) is 5.32 Å². The summed E-state index contributed by atoms with van der Waals surface area (Å²) < 4.78 is 0. The minimum absolute atomic E-state index is 0.0167. The van der Waals surface area contributed by atoms with Crippen LogP contribution in [0.5, 0.6) is 0 Å². The summed E-state index contributed by atoms with van der Waals surface area (Å²) in [4.78, 5) is 36.7. The Balaban J connectivity index is 1.80. The van der Waals surface area contributed by atoms with E-state index < -0.39 is 0 Å². The first kappa shape index (κ1) is 21.9. The molecule has 1 aromatic rings. The highest BCUT2D eigenvalue weighted by atomic mass is 16.2. The Morgan fingerprint density at radius 3 is 2.11 bits per heavy atom. The predicted octanol–water partition coefficient (Wildman–Crippen LogP) is 1.18. The predicted molar refractivity (Wildman–Crippen MR) is 110 cm³/mol. The summed E-state index contributed by atoms with van der Waals surface area (Å²) in [5.74, 6) is 0.262. The van der Waals surface area contributed by atoms with Crippen LogP contribution in [0.15, 0.2) is 24.3 Å². The normalized spacial score (nSPS) is 20.1. The number of carbonyl (C=O) groups excluding carboxylic acids is 3. The van der Waals surface area contributed by atoms with Gasteiger partial charge >= 0.3 is 0 Å². The summed E-state index contributed by atoms with van der Waals surface area (Å²) in [5.41, 5.74) is 1.34. The Kier molecular flexibility index (Phi) is 8.44. The van der Waals surface area contributed by atoms with Gasteiger partial charge < -0.3 is 20.9 Å². The van der Waals surface area contributed by atoms with Crippen LogP contribution in [0.1, 0.15) is 46.5 Å². The van der Waals surface area contributed by atoms with Gasteiger partial charge in [-0.3, -0.25) is 14.4 Å². The van der Waals surface area contributed by atoms with Crippen LogP contribution < -0.4 is 20.9 Å². The molecule has 4 N–H and O–H groups in total. The third-order valence-corrected chi connectivity index (χ3v) is 5.27. The Morgan fingerprint density at radius 2 is 1.54 bits per heavy atom. The molecule has 1 unspecified atom stereocenters. The van der Waals surface area contributed by atoms with Gasteiger partial charge in [0, 0.05) is 24.3 Å². The van der Waals surface area contributed by atoms with E-state index in [0.717, 1.165) is 11.3 Å². The lowest BCUT2D eigenvalue weighted by Gasteiger charge is -2.29. The zero-order chi connectivity index (χ0) is 20.5. The van der Waals surface area contributed by atoms with Crippen LogP contribution in [0.3, 0.4) is 0 Å². The molecule has 0 bridgehead atoms. The third kappa shape index (κ3) is 7.31. The number of amides is 3. The molecule has 0 saturated heterocycles. The quantitative estimate of drug-likeness (QED) is 0.538. The minimum Gasteiger partial charge on any atom is -0.348 e. The van der Waals surface area contributed by atoms with Crippen molar-refractivity contribution in [3.63, 3.8) is 0 Å². The zero-order valence-corrected chi connectivity index (χ0v) is 17.1. The molecular formula is C21H33N4O3+. The first-order valence-electron chi connectivity index (χ1n) is 10.2. The average Bonchev–Trinajstić information content (AvgIpc) is 2.64. The Hall–Kier alpha value is -2.41. The molecule has 7 nitrogen and oxygen atoms in total. The van der Waals surface area contributed by atoms with Gasteiger partial charge in [0.25, 0.3) is 11.8 Å². The van der Waals surface area contributed by atoms with Crippen molar-refractivity contribution in [3.8, 4) is 0 Å². The van der Waals surface area contributed by atoms with Crippen molar-refractivity contribution in [3.05, 3.63) is 24.3 Å². The second-order valence-electron chi connectivity index (χ2n) is 7.70. The fourth-order valence-corrected chi connectivity index (χ4v) is 3.60. The fourth-order valence-electron chi connectivity index (χ4n) is 3.60. The molecule has 1 fully saturated rings. The van der Waals surface area contributed by atoms with Crippen LogP contribution >= 0.6 is 0 Å². The van der Waals surface area contributed by atoms with Gasteiger partial charge in [-0.15, -0.1) is 0 Å². The highest BCUT2D eigenvalue weighted by Gasteiger charge is 2.24. The number of carbonyl (C=O) groups is 3. The van der Waals surface area contributed by atoms with E-state index in [1.165, 1.54) is 26.2 Å². The van der Waals surface area contributed by atoms with E-state index in [2.05, 4.69) is 22.9 Å². The molecule has 1 aliphatic rings. The highest BCUT2D eigenvalue weighted by molar-refractivity contribution is 5.92. The van der Waals surface area contributed by atoms with Crippen molar-refractivity contribution in [2.24, 2.45) is 5.92 Å². The molecule has 0 aromatic heterocycles. The van der Waals surface area contributed by atoms with Crippen LogP contribution in [0, 0.1) is 5.92 Å². The van der Waals surface area contributed by atoms with Crippen LogP contribution in [0.2, 0.25) is 0 Å². The second kappa shape index (κ2) is 10.8. The second-order valence-corrected chi connectivity index (χ2v) is 7.70. The zero-order valence-electron chi connectivity index (χ0n) is 17.1. The molecule has 3 amide bonds. The summed E-state index contributed by atoms with van der Waals surface area (Å²) in [5, 5.41) is 8.68. The van der Waals surface area contributed by atoms with Crippen molar-refractivity contribution in [2.75, 3.05) is 30.3 Å². The molecule has 0 aliphatic heterocycles. The highest BCUT2D eigenvalue weighted by Crippen LogP contribution is 2.23. The van der Waals surface area contributed by atoms with Gasteiger partial charge in [0.05, 0.1) is 6.54 Å². The Morgan fingerprint density at radius 1 is 0.964 bits per heavy atom. The van der Waals surface area contributed by atoms with E-state index in [1.54, 1.807) is 24.3 Å². The molecule has 1 aromatic carbocycles. The van der Waals surface area contributed by atoms with Gasteiger partial charge in [-0.2, -0.15) is 0 Å². The number of rotatable bonds is 8. The SMILES string of the molecule is CC[NH+](CC(=O)Nc1ccc(NC(C)=O)cc1)CC(=O)N[C@H]1CCCC[C@@H]1C. The summed E-state index contributed by atoms with van der Waals surface area (Å²) in [6, 6.07) is 7.22. The molecule has 0 spiro atoms. The summed E-state index contributed by atoms with van der Waals surface area (Å²) in [6.45, 7) is 6.85. The van der Waals surface area contributed by atoms with Crippen molar-refractivity contribution in [1.29, 1.82) is 0 Å². The molecular weight excluding hydrogens is 356 g/mol. The number of hydrogen-bond acceptors (Lipinski definition) is 3. The summed E-state index contributed by atoms with van der Waals surface area (Å²) in [6.07, 6.45) is 4.62. The molecule has 7 heteroatoms. The monoisotopic (exact) mass is 389 g/mol. The smallest absolute Gasteiger partial charge is 0.279 e. The van der Waals surface area contributed by atoms with Crippen molar-refractivity contribution >= 4 is 29.1 Å². The van der Waals surface area contributed by atoms with Crippen LogP contribution in [-0.2, 0) is 14.4 Å². The summed E-state index contributed by atoms with van der Waals surface area (Å²) >= 11 is 0. The molecule has 3 atom stereocenters.